The quantitative estimate of drug-likeness (QED) is 0.365. The molecule has 0 saturated carbocycles. The van der Waals surface area contributed by atoms with Gasteiger partial charge in [0.15, 0.2) is 0 Å². The molecule has 2 N–H and O–H groups in total. The van der Waals surface area contributed by atoms with Crippen molar-refractivity contribution in [3.05, 3.63) is 78.4 Å². The molecule has 1 fully saturated rings. The molecule has 1 aromatic heterocycles. The highest BCUT2D eigenvalue weighted by molar-refractivity contribution is 6.10. The Morgan fingerprint density at radius 2 is 1.69 bits per heavy atom. The third kappa shape index (κ3) is 4.14. The van der Waals surface area contributed by atoms with E-state index in [2.05, 4.69) is 34.3 Å². The van der Waals surface area contributed by atoms with Gasteiger partial charge in [-0.15, -0.1) is 0 Å². The Hall–Kier alpha value is -4.13. The number of hydrogen-bond acceptors (Lipinski definition) is 3. The Kier molecular flexibility index (Phi) is 5.99. The van der Waals surface area contributed by atoms with Crippen molar-refractivity contribution >= 4 is 45.3 Å². The van der Waals surface area contributed by atoms with E-state index in [-0.39, 0.29) is 30.7 Å². The molecule has 0 spiro atoms. The topological polar surface area (TPSA) is 83.4 Å². The van der Waals surface area contributed by atoms with E-state index >= 15 is 0 Å². The van der Waals surface area contributed by atoms with Gasteiger partial charge in [0.1, 0.15) is 6.04 Å². The van der Waals surface area contributed by atoms with Crippen LogP contribution in [0.3, 0.4) is 0 Å². The summed E-state index contributed by atoms with van der Waals surface area (Å²) in [6.45, 7) is 4.80. The number of amides is 4. The average molecular weight is 469 g/mol. The molecule has 3 aromatic carbocycles. The van der Waals surface area contributed by atoms with Crippen LogP contribution in [0.5, 0.6) is 0 Å². The summed E-state index contributed by atoms with van der Waals surface area (Å²) in [6, 6.07) is 22.1. The number of anilines is 1. The van der Waals surface area contributed by atoms with Crippen molar-refractivity contribution in [1.82, 2.24) is 14.8 Å². The molecule has 2 atom stereocenters. The van der Waals surface area contributed by atoms with E-state index in [1.165, 1.54) is 10.4 Å². The van der Waals surface area contributed by atoms with Crippen molar-refractivity contribution in [2.45, 2.75) is 45.3 Å². The molecule has 7 heteroatoms. The first kappa shape index (κ1) is 22.7. The number of nitrogens with zero attached hydrogens (tertiary/aromatic N) is 2. The zero-order chi connectivity index (χ0) is 24.5. The number of rotatable bonds is 7. The van der Waals surface area contributed by atoms with Crippen molar-refractivity contribution in [2.75, 3.05) is 5.32 Å². The van der Waals surface area contributed by atoms with Gasteiger partial charge in [0.25, 0.3) is 5.91 Å². The maximum Gasteiger partial charge on any atom is 0.325 e. The van der Waals surface area contributed by atoms with Crippen LogP contribution >= 0.6 is 0 Å². The number of carbonyl (C=O) groups is 3. The van der Waals surface area contributed by atoms with E-state index in [0.717, 1.165) is 28.4 Å². The van der Waals surface area contributed by atoms with E-state index < -0.39 is 12.1 Å². The van der Waals surface area contributed by atoms with Gasteiger partial charge in [0.2, 0.25) is 5.91 Å². The Balaban J connectivity index is 1.25. The normalized spacial score (nSPS) is 16.6. The SMILES string of the molecule is CCn1c2ccccc2c2cc(NC(=O)CCC3NC(=O)N(C(C)c4ccccc4)C3=O)ccc21. The van der Waals surface area contributed by atoms with Crippen LogP contribution in [0.2, 0.25) is 0 Å². The summed E-state index contributed by atoms with van der Waals surface area (Å²) < 4.78 is 2.26. The molecule has 35 heavy (non-hydrogen) atoms. The monoisotopic (exact) mass is 468 g/mol. The molecule has 1 aliphatic rings. The molecular formula is C28H28N4O3. The number of urea groups is 1. The first-order valence-electron chi connectivity index (χ1n) is 12.0. The molecule has 7 nitrogen and oxygen atoms in total. The van der Waals surface area contributed by atoms with Crippen molar-refractivity contribution < 1.29 is 14.4 Å². The molecule has 0 radical (unpaired) electrons. The first-order valence-corrected chi connectivity index (χ1v) is 12.0. The number of aryl methyl sites for hydroxylation is 1. The van der Waals surface area contributed by atoms with Gasteiger partial charge >= 0.3 is 6.03 Å². The molecule has 4 amide bonds. The molecule has 178 valence electrons. The standard InChI is InChI=1S/C28H28N4O3/c1-3-31-24-12-8-7-11-21(24)22-17-20(13-15-25(22)31)29-26(33)16-14-23-27(34)32(28(35)30-23)18(2)19-9-5-4-6-10-19/h4-13,15,17-18,23H,3,14,16H2,1-2H3,(H,29,33)(H,30,35). The molecule has 5 rings (SSSR count). The zero-order valence-corrected chi connectivity index (χ0v) is 19.8. The first-order chi connectivity index (χ1) is 17.0. The summed E-state index contributed by atoms with van der Waals surface area (Å²) in [4.78, 5) is 39.4. The lowest BCUT2D eigenvalue weighted by Gasteiger charge is -2.21. The van der Waals surface area contributed by atoms with Crippen molar-refractivity contribution in [1.29, 1.82) is 0 Å². The molecule has 1 aliphatic heterocycles. The molecule has 2 unspecified atom stereocenters. The number of imide groups is 1. The zero-order valence-electron chi connectivity index (χ0n) is 19.8. The van der Waals surface area contributed by atoms with E-state index in [9.17, 15) is 14.4 Å². The summed E-state index contributed by atoms with van der Waals surface area (Å²) in [5, 5.41) is 7.91. The lowest BCUT2D eigenvalue weighted by molar-refractivity contribution is -0.129. The number of benzene rings is 3. The summed E-state index contributed by atoms with van der Waals surface area (Å²) in [5.74, 6) is -0.492. The fourth-order valence-corrected chi connectivity index (χ4v) is 4.96. The van der Waals surface area contributed by atoms with E-state index in [1.54, 1.807) is 0 Å². The van der Waals surface area contributed by atoms with Gasteiger partial charge in [0, 0.05) is 40.5 Å². The number of fused-ring (bicyclic) bond motifs is 3. The minimum Gasteiger partial charge on any atom is -0.341 e. The average Bonchev–Trinajstić information content (AvgIpc) is 3.35. The highest BCUT2D eigenvalue weighted by atomic mass is 16.2. The van der Waals surface area contributed by atoms with Crippen LogP contribution in [0, 0.1) is 0 Å². The predicted octanol–water partition coefficient (Wildman–Crippen LogP) is 5.21. The Bertz CT molecular complexity index is 1430. The highest BCUT2D eigenvalue weighted by Gasteiger charge is 2.40. The molecule has 1 saturated heterocycles. The summed E-state index contributed by atoms with van der Waals surface area (Å²) in [7, 11) is 0. The van der Waals surface area contributed by atoms with Crippen LogP contribution < -0.4 is 10.6 Å². The van der Waals surface area contributed by atoms with E-state index in [1.807, 2.05) is 67.6 Å². The van der Waals surface area contributed by atoms with Gasteiger partial charge in [0.05, 0.1) is 6.04 Å². The number of carbonyl (C=O) groups excluding carboxylic acids is 3. The van der Waals surface area contributed by atoms with Gasteiger partial charge < -0.3 is 15.2 Å². The minimum atomic E-state index is -0.704. The summed E-state index contributed by atoms with van der Waals surface area (Å²) in [6.07, 6.45) is 0.366. The van der Waals surface area contributed by atoms with Gasteiger partial charge in [-0.05, 0) is 50.1 Å². The molecule has 2 heterocycles. The Morgan fingerprint density at radius 1 is 0.971 bits per heavy atom. The van der Waals surface area contributed by atoms with Crippen LogP contribution in [0.1, 0.15) is 38.3 Å². The largest absolute Gasteiger partial charge is 0.341 e. The Morgan fingerprint density at radius 3 is 2.46 bits per heavy atom. The third-order valence-corrected chi connectivity index (χ3v) is 6.75. The second kappa shape index (κ2) is 9.25. The number of para-hydroxylation sites is 1. The number of hydrogen-bond donors (Lipinski definition) is 2. The lowest BCUT2D eigenvalue weighted by Crippen LogP contribution is -2.34. The van der Waals surface area contributed by atoms with Gasteiger partial charge in [-0.3, -0.25) is 14.5 Å². The van der Waals surface area contributed by atoms with Crippen LogP contribution in [0.4, 0.5) is 10.5 Å². The molecular weight excluding hydrogens is 440 g/mol. The predicted molar refractivity (Wildman–Crippen MR) is 137 cm³/mol. The molecule has 0 bridgehead atoms. The maximum absolute atomic E-state index is 12.9. The second-order valence-corrected chi connectivity index (χ2v) is 8.88. The second-order valence-electron chi connectivity index (χ2n) is 8.88. The van der Waals surface area contributed by atoms with Crippen molar-refractivity contribution in [3.8, 4) is 0 Å². The van der Waals surface area contributed by atoms with E-state index in [0.29, 0.717) is 5.69 Å². The number of aromatic nitrogens is 1. The maximum atomic E-state index is 12.9. The summed E-state index contributed by atoms with van der Waals surface area (Å²) >= 11 is 0. The third-order valence-electron chi connectivity index (χ3n) is 6.75. The minimum absolute atomic E-state index is 0.124. The van der Waals surface area contributed by atoms with Gasteiger partial charge in [-0.2, -0.15) is 0 Å². The lowest BCUT2D eigenvalue weighted by atomic mass is 10.1. The summed E-state index contributed by atoms with van der Waals surface area (Å²) in [5.41, 5.74) is 3.88. The van der Waals surface area contributed by atoms with Crippen LogP contribution in [0.15, 0.2) is 72.8 Å². The number of nitrogens with one attached hydrogen (secondary N) is 2. The van der Waals surface area contributed by atoms with Crippen molar-refractivity contribution in [3.63, 3.8) is 0 Å². The van der Waals surface area contributed by atoms with Gasteiger partial charge in [-0.25, -0.2) is 4.79 Å². The van der Waals surface area contributed by atoms with Crippen LogP contribution in [0.25, 0.3) is 21.8 Å². The van der Waals surface area contributed by atoms with Crippen LogP contribution in [-0.2, 0) is 16.1 Å². The molecule has 0 aliphatic carbocycles. The van der Waals surface area contributed by atoms with Crippen LogP contribution in [-0.4, -0.2) is 33.4 Å². The Labute approximate surface area is 203 Å². The fraction of sp³-hybridized carbons (Fsp3) is 0.250. The molecule has 4 aromatic rings. The highest BCUT2D eigenvalue weighted by Crippen LogP contribution is 2.31. The van der Waals surface area contributed by atoms with E-state index in [4.69, 9.17) is 0 Å². The smallest absolute Gasteiger partial charge is 0.325 e. The fourth-order valence-electron chi connectivity index (χ4n) is 4.96. The van der Waals surface area contributed by atoms with Crippen molar-refractivity contribution in [2.24, 2.45) is 0 Å². The van der Waals surface area contributed by atoms with Gasteiger partial charge in [-0.1, -0.05) is 48.5 Å².